The van der Waals surface area contributed by atoms with Crippen molar-refractivity contribution in [2.45, 2.75) is 51.6 Å². The van der Waals surface area contributed by atoms with Crippen LogP contribution in [0.1, 0.15) is 39.5 Å². The second-order valence-corrected chi connectivity index (χ2v) is 5.08. The fraction of sp³-hybridized carbons (Fsp3) is 0.917. The lowest BCUT2D eigenvalue weighted by Gasteiger charge is -2.39. The molecule has 1 atom stereocenters. The summed E-state index contributed by atoms with van der Waals surface area (Å²) in [5, 5.41) is 0. The van der Waals surface area contributed by atoms with Crippen LogP contribution in [-0.4, -0.2) is 47.4 Å². The van der Waals surface area contributed by atoms with Crippen molar-refractivity contribution in [2.75, 3.05) is 19.6 Å². The first kappa shape index (κ1) is 10.9. The van der Waals surface area contributed by atoms with E-state index in [0.717, 1.165) is 25.9 Å². The van der Waals surface area contributed by atoms with Crippen molar-refractivity contribution >= 4 is 5.91 Å². The normalized spacial score (nSPS) is 29.1. The predicted octanol–water partition coefficient (Wildman–Crippen LogP) is 1.48. The van der Waals surface area contributed by atoms with E-state index in [9.17, 15) is 4.79 Å². The summed E-state index contributed by atoms with van der Waals surface area (Å²) in [4.78, 5) is 16.3. The highest BCUT2D eigenvalue weighted by Gasteiger charge is 2.31. The van der Waals surface area contributed by atoms with Crippen LogP contribution in [0.3, 0.4) is 0 Å². The standard InChI is InChI=1S/C12H22N2O/c1-10(2)13-7-3-5-11(9-13)14-8-4-6-12(14)15/h10-11H,3-9H2,1-2H3/t11-/m1/s1. The fourth-order valence-corrected chi connectivity index (χ4v) is 2.76. The number of carbonyl (C=O) groups excluding carboxylic acids is 1. The Hall–Kier alpha value is -0.570. The first-order chi connectivity index (χ1) is 7.18. The van der Waals surface area contributed by atoms with E-state index in [1.807, 2.05) is 0 Å². The van der Waals surface area contributed by atoms with E-state index < -0.39 is 0 Å². The van der Waals surface area contributed by atoms with E-state index in [2.05, 4.69) is 23.6 Å². The topological polar surface area (TPSA) is 23.6 Å². The molecule has 0 spiro atoms. The molecule has 0 bridgehead atoms. The van der Waals surface area contributed by atoms with Gasteiger partial charge in [-0.3, -0.25) is 9.69 Å². The smallest absolute Gasteiger partial charge is 0.222 e. The molecule has 2 aliphatic rings. The van der Waals surface area contributed by atoms with Crippen molar-refractivity contribution in [1.82, 2.24) is 9.80 Å². The van der Waals surface area contributed by atoms with Gasteiger partial charge in [-0.05, 0) is 39.7 Å². The van der Waals surface area contributed by atoms with E-state index in [4.69, 9.17) is 0 Å². The summed E-state index contributed by atoms with van der Waals surface area (Å²) in [5.41, 5.74) is 0. The van der Waals surface area contributed by atoms with Gasteiger partial charge < -0.3 is 4.90 Å². The number of piperidine rings is 1. The zero-order chi connectivity index (χ0) is 10.8. The minimum Gasteiger partial charge on any atom is -0.338 e. The zero-order valence-corrected chi connectivity index (χ0v) is 9.91. The van der Waals surface area contributed by atoms with Gasteiger partial charge in [-0.15, -0.1) is 0 Å². The molecule has 3 heteroatoms. The van der Waals surface area contributed by atoms with Crippen molar-refractivity contribution in [2.24, 2.45) is 0 Å². The first-order valence-electron chi connectivity index (χ1n) is 6.22. The maximum absolute atomic E-state index is 11.7. The molecule has 0 aromatic carbocycles. The average molecular weight is 210 g/mol. The monoisotopic (exact) mass is 210 g/mol. The van der Waals surface area contributed by atoms with Gasteiger partial charge in [0.05, 0.1) is 0 Å². The zero-order valence-electron chi connectivity index (χ0n) is 9.91. The Morgan fingerprint density at radius 3 is 2.67 bits per heavy atom. The molecule has 2 rings (SSSR count). The summed E-state index contributed by atoms with van der Waals surface area (Å²) >= 11 is 0. The molecule has 0 N–H and O–H groups in total. The molecule has 1 amide bonds. The van der Waals surface area contributed by atoms with Gasteiger partial charge in [-0.25, -0.2) is 0 Å². The predicted molar refractivity (Wildman–Crippen MR) is 60.7 cm³/mol. The summed E-state index contributed by atoms with van der Waals surface area (Å²) in [5.74, 6) is 0.380. The van der Waals surface area contributed by atoms with Crippen LogP contribution < -0.4 is 0 Å². The number of likely N-dealkylation sites (tertiary alicyclic amines) is 2. The first-order valence-corrected chi connectivity index (χ1v) is 6.22. The molecule has 2 aliphatic heterocycles. The largest absolute Gasteiger partial charge is 0.338 e. The minimum absolute atomic E-state index is 0.380. The van der Waals surface area contributed by atoms with Crippen molar-refractivity contribution in [3.63, 3.8) is 0 Å². The Balaban J connectivity index is 1.94. The Bertz CT molecular complexity index is 240. The third-order valence-electron chi connectivity index (χ3n) is 3.71. The quantitative estimate of drug-likeness (QED) is 0.689. The number of nitrogens with zero attached hydrogens (tertiary/aromatic N) is 2. The van der Waals surface area contributed by atoms with Crippen LogP contribution in [-0.2, 0) is 4.79 Å². The van der Waals surface area contributed by atoms with E-state index in [1.54, 1.807) is 0 Å². The molecule has 2 saturated heterocycles. The molecular formula is C12H22N2O. The lowest BCUT2D eigenvalue weighted by molar-refractivity contribution is -0.130. The van der Waals surface area contributed by atoms with E-state index in [-0.39, 0.29) is 0 Å². The van der Waals surface area contributed by atoms with E-state index >= 15 is 0 Å². The minimum atomic E-state index is 0.380. The summed E-state index contributed by atoms with van der Waals surface area (Å²) in [6.45, 7) is 7.78. The summed E-state index contributed by atoms with van der Waals surface area (Å²) in [6, 6.07) is 1.11. The SMILES string of the molecule is CC(C)N1CCC[C@@H](N2CCCC2=O)C1. The molecule has 2 fully saturated rings. The van der Waals surface area contributed by atoms with Gasteiger partial charge >= 0.3 is 0 Å². The summed E-state index contributed by atoms with van der Waals surface area (Å²) in [6.07, 6.45) is 4.29. The van der Waals surface area contributed by atoms with Gasteiger partial charge in [-0.1, -0.05) is 0 Å². The Morgan fingerprint density at radius 2 is 2.07 bits per heavy atom. The number of rotatable bonds is 2. The molecule has 15 heavy (non-hydrogen) atoms. The number of hydrogen-bond acceptors (Lipinski definition) is 2. The van der Waals surface area contributed by atoms with E-state index in [1.165, 1.54) is 19.4 Å². The maximum Gasteiger partial charge on any atom is 0.222 e. The summed E-state index contributed by atoms with van der Waals surface area (Å²) in [7, 11) is 0. The van der Waals surface area contributed by atoms with Crippen LogP contribution in [0.2, 0.25) is 0 Å². The molecule has 0 saturated carbocycles. The van der Waals surface area contributed by atoms with Crippen LogP contribution >= 0.6 is 0 Å². The second-order valence-electron chi connectivity index (χ2n) is 5.08. The van der Waals surface area contributed by atoms with Gasteiger partial charge in [0.1, 0.15) is 0 Å². The highest BCUT2D eigenvalue weighted by atomic mass is 16.2. The van der Waals surface area contributed by atoms with Crippen LogP contribution in [0.25, 0.3) is 0 Å². The van der Waals surface area contributed by atoms with Gasteiger partial charge in [0.2, 0.25) is 5.91 Å². The maximum atomic E-state index is 11.7. The Labute approximate surface area is 92.4 Å². The van der Waals surface area contributed by atoms with Crippen molar-refractivity contribution in [3.8, 4) is 0 Å². The van der Waals surface area contributed by atoms with Gasteiger partial charge in [0.15, 0.2) is 0 Å². The molecule has 0 aromatic rings. The van der Waals surface area contributed by atoms with Gasteiger partial charge in [-0.2, -0.15) is 0 Å². The molecule has 0 radical (unpaired) electrons. The number of amides is 1. The number of carbonyl (C=O) groups is 1. The lowest BCUT2D eigenvalue weighted by Crippen LogP contribution is -2.50. The second kappa shape index (κ2) is 4.52. The Kier molecular flexibility index (Phi) is 3.29. The number of hydrogen-bond donors (Lipinski definition) is 0. The molecule has 0 unspecified atom stereocenters. The molecule has 86 valence electrons. The third kappa shape index (κ3) is 2.33. The summed E-state index contributed by atoms with van der Waals surface area (Å²) < 4.78 is 0. The lowest BCUT2D eigenvalue weighted by atomic mass is 10.0. The molecule has 0 aromatic heterocycles. The van der Waals surface area contributed by atoms with Crippen LogP contribution in [0.15, 0.2) is 0 Å². The highest BCUT2D eigenvalue weighted by molar-refractivity contribution is 5.78. The van der Waals surface area contributed by atoms with Crippen molar-refractivity contribution in [1.29, 1.82) is 0 Å². The van der Waals surface area contributed by atoms with Crippen molar-refractivity contribution < 1.29 is 4.79 Å². The molecule has 0 aliphatic carbocycles. The molecule has 2 heterocycles. The van der Waals surface area contributed by atoms with Crippen molar-refractivity contribution in [3.05, 3.63) is 0 Å². The Morgan fingerprint density at radius 1 is 1.27 bits per heavy atom. The van der Waals surface area contributed by atoms with Crippen LogP contribution in [0.4, 0.5) is 0 Å². The third-order valence-corrected chi connectivity index (χ3v) is 3.71. The fourth-order valence-electron chi connectivity index (χ4n) is 2.76. The van der Waals surface area contributed by atoms with Gasteiger partial charge in [0, 0.05) is 31.6 Å². The van der Waals surface area contributed by atoms with Crippen LogP contribution in [0.5, 0.6) is 0 Å². The molecular weight excluding hydrogens is 188 g/mol. The average Bonchev–Trinajstić information content (AvgIpc) is 2.64. The molecule has 3 nitrogen and oxygen atoms in total. The highest BCUT2D eigenvalue weighted by Crippen LogP contribution is 2.22. The van der Waals surface area contributed by atoms with E-state index in [0.29, 0.717) is 18.0 Å². The van der Waals surface area contributed by atoms with Gasteiger partial charge in [0.25, 0.3) is 0 Å². The van der Waals surface area contributed by atoms with Crippen LogP contribution in [0, 0.1) is 0 Å².